The van der Waals surface area contributed by atoms with E-state index in [9.17, 15) is 27.8 Å². The average Bonchev–Trinajstić information content (AvgIpc) is 1.66. The summed E-state index contributed by atoms with van der Waals surface area (Å²) in [5, 5.41) is 69.5. The summed E-state index contributed by atoms with van der Waals surface area (Å²) in [6, 6.07) is 46.0. The number of rotatable bonds is 19. The predicted molar refractivity (Wildman–Crippen MR) is 478 cm³/mol. The van der Waals surface area contributed by atoms with Crippen LogP contribution in [0.2, 0.25) is 20.1 Å². The maximum absolute atomic E-state index is 15.0. The minimum absolute atomic E-state index is 0. The first-order chi connectivity index (χ1) is 58.1. The fourth-order valence-electron chi connectivity index (χ4n) is 15.2. The monoisotopic (exact) mass is 1720 g/mol. The molecule has 7 aliphatic rings. The van der Waals surface area contributed by atoms with Crippen molar-refractivity contribution in [2.45, 2.75) is 68.2 Å². The Hall–Kier alpha value is -12.3. The lowest BCUT2D eigenvalue weighted by molar-refractivity contribution is -0.0101. The number of aromatic nitrogens is 18. The van der Waals surface area contributed by atoms with Crippen molar-refractivity contribution in [3.8, 4) is 45.6 Å². The maximum atomic E-state index is 15.0. The fraction of sp³-hybridized carbons (Fsp3) is 0.262. The van der Waals surface area contributed by atoms with Crippen molar-refractivity contribution >= 4 is 143 Å². The number of aromatic amines is 4. The molecule has 14 heterocycles. The first kappa shape index (κ1) is 77.6. The number of benzene rings is 5. The Morgan fingerprint density at radius 3 is 1.25 bits per heavy atom. The van der Waals surface area contributed by atoms with Gasteiger partial charge in [-0.15, -0.1) is 0 Å². The number of hydrogen-bond donors (Lipinski definition) is 11. The van der Waals surface area contributed by atoms with Crippen molar-refractivity contribution in [2.24, 2.45) is 17.8 Å². The summed E-state index contributed by atoms with van der Waals surface area (Å²) in [6.07, 6.45) is 8.43. The standard InChI is InChI=1S/C23H20ClFN6O.C22H18ClF2N7.C22H19ClFN7O.C17H17ClN6.11H2/c24-17-4-2-1-3-15(17)21-26-19(27-22-16-9-14(25)7-8-18(16)29-30-22)10-20(28-21)31-11-23(32,12-31)13-5-6-13;23-16-4-2-1-3-14(16)20-27-17(28-21-15-7-13(24)9-26-19(15)30-31-21)8-18(29-20)32-10-22(25,11-32)12-5-6-12;23-16-4-2-1-3-14(16)20-26-17(27-21-15-7-13(24)9-25-19(15)29-30-21)8-18(28-20)31-10-22(32,11-31)12-5-6-12;1-10-6-16(24-23-10)21-15-7-14(11-8-19-9-11)20-17(22-15)12-4-2-3-5-13(12)18;;;;;;;;;;;/h1-4,7-10,13,32H,5-6,11-12H2,(H2,26,27,28,29,30);1-4,7-9,12H,5-6,10-11H2,(H2,26,27,28,29,30,31);1-4,7-9,12,32H,5-6,10-11H2,(H2,25,26,27,28,29,30);2-7,11,19H,8-9H2,1H3,(H2,20,21,22,23,24);11*1H. The van der Waals surface area contributed by atoms with E-state index in [0.717, 1.165) is 86.8 Å². The maximum Gasteiger partial charge on any atom is 0.183 e. The highest BCUT2D eigenvalue weighted by Gasteiger charge is 2.55. The van der Waals surface area contributed by atoms with Gasteiger partial charge in [0.05, 0.1) is 93.7 Å². The molecule has 0 unspecified atom stereocenters. The molecule has 28 nitrogen and oxygen atoms in total. The largest absolute Gasteiger partial charge is 0.386 e. The summed E-state index contributed by atoms with van der Waals surface area (Å²) in [7, 11) is 0. The molecule has 4 saturated heterocycles. The normalized spacial score (nSPS) is 16.8. The molecule has 3 saturated carbocycles. The summed E-state index contributed by atoms with van der Waals surface area (Å²) >= 11 is 25.5. The van der Waals surface area contributed by atoms with Gasteiger partial charge < -0.3 is 51.5 Å². The molecule has 0 radical (unpaired) electrons. The quantitative estimate of drug-likeness (QED) is 0.0335. The van der Waals surface area contributed by atoms with Gasteiger partial charge in [0.2, 0.25) is 0 Å². The van der Waals surface area contributed by atoms with E-state index in [2.05, 4.69) is 102 Å². The third kappa shape index (κ3) is 16.4. The van der Waals surface area contributed by atoms with Crippen LogP contribution < -0.4 is 41.3 Å². The van der Waals surface area contributed by atoms with Crippen LogP contribution in [0.4, 0.5) is 81.6 Å². The lowest BCUT2D eigenvalue weighted by Gasteiger charge is -2.47. The highest BCUT2D eigenvalue weighted by atomic mass is 35.5. The highest BCUT2D eigenvalue weighted by Crippen LogP contribution is 2.50. The number of fused-ring (bicyclic) bond motifs is 3. The van der Waals surface area contributed by atoms with E-state index in [-0.39, 0.29) is 27.4 Å². The number of alkyl halides is 1. The third-order valence-corrected chi connectivity index (χ3v) is 23.6. The zero-order valence-corrected chi connectivity index (χ0v) is 66.9. The second-order valence-electron chi connectivity index (χ2n) is 31.2. The van der Waals surface area contributed by atoms with E-state index in [4.69, 9.17) is 61.4 Å². The van der Waals surface area contributed by atoms with Crippen molar-refractivity contribution < 1.29 is 43.5 Å². The van der Waals surface area contributed by atoms with Gasteiger partial charge in [0, 0.05) is 98.4 Å². The molecule has 4 aliphatic heterocycles. The lowest BCUT2D eigenvalue weighted by atomic mass is 9.89. The van der Waals surface area contributed by atoms with E-state index in [0.29, 0.717) is 208 Å². The van der Waals surface area contributed by atoms with Gasteiger partial charge >= 0.3 is 0 Å². The van der Waals surface area contributed by atoms with Crippen LogP contribution in [-0.2, 0) is 0 Å². The van der Waals surface area contributed by atoms with E-state index >= 15 is 0 Å². The van der Waals surface area contributed by atoms with Crippen LogP contribution in [-0.4, -0.2) is 170 Å². The molecule has 5 aromatic carbocycles. The summed E-state index contributed by atoms with van der Waals surface area (Å²) in [4.78, 5) is 51.3. The molecule has 630 valence electrons. The van der Waals surface area contributed by atoms with Crippen LogP contribution in [0.3, 0.4) is 0 Å². The highest BCUT2D eigenvalue weighted by molar-refractivity contribution is 6.34. The van der Waals surface area contributed by atoms with Gasteiger partial charge in [-0.2, -0.15) is 20.4 Å². The number of nitrogens with one attached hydrogen (secondary N) is 9. The smallest absolute Gasteiger partial charge is 0.183 e. The van der Waals surface area contributed by atoms with Crippen LogP contribution >= 0.6 is 46.4 Å². The molecule has 11 N–H and O–H groups in total. The molecule has 15 aromatic rings. The number of anilines is 11. The number of nitrogens with zero attached hydrogens (tertiary/aromatic N) is 17. The van der Waals surface area contributed by atoms with Crippen LogP contribution in [0.5, 0.6) is 0 Å². The van der Waals surface area contributed by atoms with Crippen LogP contribution in [0.25, 0.3) is 78.5 Å². The summed E-state index contributed by atoms with van der Waals surface area (Å²) in [6.45, 7) is 6.55. The molecule has 10 aromatic heterocycles. The number of pyridine rings is 2. The first-order valence-corrected chi connectivity index (χ1v) is 40.5. The average molecular weight is 1720 g/mol. The molecule has 36 heteroatoms. The number of aliphatic hydroxyl groups is 2. The van der Waals surface area contributed by atoms with Crippen molar-refractivity contribution in [1.29, 1.82) is 0 Å². The molecule has 0 spiro atoms. The van der Waals surface area contributed by atoms with Crippen molar-refractivity contribution in [3.63, 3.8) is 0 Å². The number of β-amino-alcohol motifs (C(OH)–C–C–N with tert-alkyl or cyclic N) is 2. The molecular formula is C84H96Cl4F4N26O2. The molecule has 0 bridgehead atoms. The van der Waals surface area contributed by atoms with Gasteiger partial charge in [0.25, 0.3) is 0 Å². The Bertz CT molecular complexity index is 5950. The Morgan fingerprint density at radius 1 is 0.417 bits per heavy atom. The van der Waals surface area contributed by atoms with Crippen LogP contribution in [0.15, 0.2) is 170 Å². The Kier molecular flexibility index (Phi) is 20.5. The van der Waals surface area contributed by atoms with Crippen LogP contribution in [0, 0.1) is 42.1 Å². The summed E-state index contributed by atoms with van der Waals surface area (Å²) in [5.74, 6) is 8.21. The molecule has 22 rings (SSSR count). The van der Waals surface area contributed by atoms with Gasteiger partial charge in [-0.25, -0.2) is 67.4 Å². The van der Waals surface area contributed by atoms with Gasteiger partial charge in [0.1, 0.15) is 86.7 Å². The number of H-pyrrole nitrogens is 4. The SMILES string of the molecule is Cc1cc(Nc2cc(C3CNC3)nc(-c3ccccc3Cl)n2)n[nH]1.Fc1cnc2n[nH]c(Nc3cc(N4CC(F)(C5CC5)C4)nc(-c4ccccc4Cl)n3)c2c1.OC1(C2CC2)CN(c2cc(Nc3[nH]nc4ncc(F)cc34)nc(-c3ccccc3Cl)n2)C1.OC1(C2CC2)CN(c2cc(Nc3n[nH]c4ccc(F)cc34)nc(-c3ccccc3Cl)n2)C1.[HH].[HH].[HH].[HH].[HH].[HH].[HH].[HH].[HH].[HH].[HH]. The molecule has 0 atom stereocenters. The van der Waals surface area contributed by atoms with Crippen molar-refractivity contribution in [2.75, 3.05) is 88.3 Å². The minimum atomic E-state index is -1.15. The predicted octanol–water partition coefficient (Wildman–Crippen LogP) is 19.3. The number of halogens is 8. The van der Waals surface area contributed by atoms with Gasteiger partial charge in [-0.1, -0.05) is 94.9 Å². The zero-order valence-electron chi connectivity index (χ0n) is 63.9. The molecular weight excluding hydrogens is 1620 g/mol. The molecule has 3 aliphatic carbocycles. The second kappa shape index (κ2) is 31.8. The van der Waals surface area contributed by atoms with Gasteiger partial charge in [-0.05, 0) is 142 Å². The first-order valence-electron chi connectivity index (χ1n) is 39.0. The van der Waals surface area contributed by atoms with E-state index in [1.54, 1.807) is 36.4 Å². The van der Waals surface area contributed by atoms with Gasteiger partial charge in [-0.3, -0.25) is 20.4 Å². The summed E-state index contributed by atoms with van der Waals surface area (Å²) < 4.78 is 56.2. The molecule has 0 amide bonds. The lowest BCUT2D eigenvalue weighted by Crippen LogP contribution is -2.63. The summed E-state index contributed by atoms with van der Waals surface area (Å²) in [5.41, 5.74) is 3.94. The Labute approximate surface area is 718 Å². The molecule has 120 heavy (non-hydrogen) atoms. The Balaban J connectivity index is 0.000000211. The fourth-order valence-corrected chi connectivity index (χ4v) is 16.1. The van der Waals surface area contributed by atoms with Crippen LogP contribution in [0.1, 0.15) is 71.5 Å². The zero-order chi connectivity index (χ0) is 82.1. The molecule has 7 fully saturated rings. The third-order valence-electron chi connectivity index (χ3n) is 22.3. The van der Waals surface area contributed by atoms with Crippen molar-refractivity contribution in [3.05, 3.63) is 219 Å². The van der Waals surface area contributed by atoms with E-state index in [1.807, 2.05) is 119 Å². The minimum Gasteiger partial charge on any atom is -0.386 e. The number of aryl methyl sites for hydroxylation is 1. The number of hydrogen-bond acceptors (Lipinski definition) is 24. The van der Waals surface area contributed by atoms with Gasteiger partial charge in [0.15, 0.2) is 46.2 Å². The second-order valence-corrected chi connectivity index (χ2v) is 32.8. The topological polar surface area (TPSA) is 354 Å². The van der Waals surface area contributed by atoms with E-state index < -0.39 is 28.5 Å². The van der Waals surface area contributed by atoms with E-state index in [1.165, 1.54) is 24.3 Å². The Morgan fingerprint density at radius 2 is 0.833 bits per heavy atom. The van der Waals surface area contributed by atoms with Crippen molar-refractivity contribution in [1.82, 2.24) is 95.9 Å².